The zero-order valence-electron chi connectivity index (χ0n) is 25.0. The average Bonchev–Trinajstić information content (AvgIpc) is 2.93. The fourth-order valence-corrected chi connectivity index (χ4v) is 8.34. The first-order valence-electron chi connectivity index (χ1n) is 16.5. The standard InChI is InChI=1S/C34H59NO3/c1-5-33(36)34(4,37)24-38-32-22-14-28(15-23-32)11-10-27-12-20-31(21-13-27)35(29-16-6-25(2)7-17-29)30-18-8-26(3)9-19-30/h5,25-32,37H,1,6-24H2,2-4H3. The molecule has 0 aliphatic heterocycles. The molecule has 0 aromatic rings. The lowest BCUT2D eigenvalue weighted by molar-refractivity contribution is -0.140. The monoisotopic (exact) mass is 529 g/mol. The van der Waals surface area contributed by atoms with E-state index in [1.807, 2.05) is 0 Å². The van der Waals surface area contributed by atoms with Crippen LogP contribution in [-0.2, 0) is 9.53 Å². The highest BCUT2D eigenvalue weighted by Gasteiger charge is 2.37. The molecule has 0 saturated heterocycles. The number of carbonyl (C=O) groups excluding carboxylic acids is 1. The molecule has 4 heteroatoms. The van der Waals surface area contributed by atoms with Crippen molar-refractivity contribution >= 4 is 5.78 Å². The minimum Gasteiger partial charge on any atom is -0.380 e. The number of hydrogen-bond donors (Lipinski definition) is 1. The number of ketones is 1. The van der Waals surface area contributed by atoms with Crippen molar-refractivity contribution < 1.29 is 14.6 Å². The zero-order valence-corrected chi connectivity index (χ0v) is 25.0. The van der Waals surface area contributed by atoms with Crippen LogP contribution in [-0.4, -0.2) is 52.2 Å². The summed E-state index contributed by atoms with van der Waals surface area (Å²) in [4.78, 5) is 14.9. The molecule has 1 N–H and O–H groups in total. The summed E-state index contributed by atoms with van der Waals surface area (Å²) in [7, 11) is 0. The van der Waals surface area contributed by atoms with Crippen LogP contribution in [0.25, 0.3) is 0 Å². The summed E-state index contributed by atoms with van der Waals surface area (Å²) in [6.07, 6.45) is 26.1. The Kier molecular flexibility index (Phi) is 11.4. The van der Waals surface area contributed by atoms with Crippen molar-refractivity contribution in [3.63, 3.8) is 0 Å². The Balaban J connectivity index is 1.18. The topological polar surface area (TPSA) is 49.8 Å². The number of carbonyl (C=O) groups is 1. The largest absolute Gasteiger partial charge is 0.380 e. The summed E-state index contributed by atoms with van der Waals surface area (Å²) in [5.41, 5.74) is -1.45. The van der Waals surface area contributed by atoms with Gasteiger partial charge >= 0.3 is 0 Å². The van der Waals surface area contributed by atoms with Gasteiger partial charge in [-0.2, -0.15) is 0 Å². The molecule has 4 rings (SSSR count). The highest BCUT2D eigenvalue weighted by Crippen LogP contribution is 2.40. The van der Waals surface area contributed by atoms with E-state index in [-0.39, 0.29) is 18.5 Å². The highest BCUT2D eigenvalue weighted by molar-refractivity contribution is 5.96. The first-order chi connectivity index (χ1) is 18.2. The summed E-state index contributed by atoms with van der Waals surface area (Å²) in [6.45, 7) is 10.0. The molecule has 0 heterocycles. The van der Waals surface area contributed by atoms with E-state index >= 15 is 0 Å². The Morgan fingerprint density at radius 2 is 1.16 bits per heavy atom. The van der Waals surface area contributed by atoms with Gasteiger partial charge in [-0.15, -0.1) is 0 Å². The van der Waals surface area contributed by atoms with E-state index in [0.29, 0.717) is 0 Å². The van der Waals surface area contributed by atoms with Gasteiger partial charge in [-0.05, 0) is 139 Å². The molecule has 1 atom stereocenters. The van der Waals surface area contributed by atoms with Crippen LogP contribution in [0, 0.1) is 23.7 Å². The maximum atomic E-state index is 11.8. The molecule has 4 nitrogen and oxygen atoms in total. The predicted molar refractivity (Wildman–Crippen MR) is 157 cm³/mol. The van der Waals surface area contributed by atoms with E-state index < -0.39 is 5.60 Å². The van der Waals surface area contributed by atoms with Crippen LogP contribution in [0.1, 0.15) is 136 Å². The van der Waals surface area contributed by atoms with Gasteiger partial charge in [0.25, 0.3) is 0 Å². The van der Waals surface area contributed by atoms with Crippen LogP contribution >= 0.6 is 0 Å². The van der Waals surface area contributed by atoms with E-state index in [4.69, 9.17) is 4.74 Å². The second-order valence-corrected chi connectivity index (χ2v) is 14.3. The van der Waals surface area contributed by atoms with Crippen molar-refractivity contribution in [2.75, 3.05) is 6.61 Å². The molecular weight excluding hydrogens is 470 g/mol. The third-order valence-corrected chi connectivity index (χ3v) is 11.1. The Bertz CT molecular complexity index is 696. The van der Waals surface area contributed by atoms with Gasteiger partial charge in [-0.25, -0.2) is 0 Å². The molecule has 218 valence electrons. The molecule has 0 bridgehead atoms. The Morgan fingerprint density at radius 1 is 0.763 bits per heavy atom. The fourth-order valence-electron chi connectivity index (χ4n) is 8.34. The Morgan fingerprint density at radius 3 is 1.58 bits per heavy atom. The van der Waals surface area contributed by atoms with Crippen molar-refractivity contribution in [1.82, 2.24) is 4.90 Å². The highest BCUT2D eigenvalue weighted by atomic mass is 16.5. The number of hydrogen-bond acceptors (Lipinski definition) is 4. The van der Waals surface area contributed by atoms with Gasteiger partial charge in [0, 0.05) is 18.1 Å². The lowest BCUT2D eigenvalue weighted by Crippen LogP contribution is -2.52. The molecule has 38 heavy (non-hydrogen) atoms. The van der Waals surface area contributed by atoms with Crippen molar-refractivity contribution in [1.29, 1.82) is 0 Å². The summed E-state index contributed by atoms with van der Waals surface area (Å²) in [6, 6.07) is 2.57. The lowest BCUT2D eigenvalue weighted by Gasteiger charge is -2.49. The zero-order chi connectivity index (χ0) is 27.1. The molecule has 4 aliphatic rings. The van der Waals surface area contributed by atoms with Gasteiger partial charge in [0.1, 0.15) is 5.60 Å². The number of aliphatic hydroxyl groups is 1. The second-order valence-electron chi connectivity index (χ2n) is 14.3. The molecule has 1 unspecified atom stereocenters. The third kappa shape index (κ3) is 8.40. The Hall–Kier alpha value is -0.710. The molecule has 4 aliphatic carbocycles. The van der Waals surface area contributed by atoms with Gasteiger partial charge in [0.2, 0.25) is 0 Å². The predicted octanol–water partition coefficient (Wildman–Crippen LogP) is 7.87. The molecule has 0 amide bonds. The molecular formula is C34H59NO3. The smallest absolute Gasteiger partial charge is 0.188 e. The van der Waals surface area contributed by atoms with Gasteiger partial charge in [-0.3, -0.25) is 9.69 Å². The molecule has 4 saturated carbocycles. The second kappa shape index (κ2) is 14.3. The first-order valence-corrected chi connectivity index (χ1v) is 16.5. The average molecular weight is 530 g/mol. The molecule has 4 fully saturated rings. The SMILES string of the molecule is C=CC(=O)C(C)(O)COC1CCC(CCC2CCC(N(C3CCC(C)CC3)C3CCC(C)CC3)CC2)CC1. The van der Waals surface area contributed by atoms with Crippen LogP contribution in [0.15, 0.2) is 12.7 Å². The van der Waals surface area contributed by atoms with Crippen LogP contribution in [0.4, 0.5) is 0 Å². The quantitative estimate of drug-likeness (QED) is 0.277. The van der Waals surface area contributed by atoms with E-state index in [2.05, 4.69) is 25.3 Å². The van der Waals surface area contributed by atoms with Crippen LogP contribution in [0.5, 0.6) is 0 Å². The molecule has 0 aromatic heterocycles. The summed E-state index contributed by atoms with van der Waals surface area (Å²) in [5.74, 6) is 3.28. The van der Waals surface area contributed by atoms with Crippen molar-refractivity contribution in [2.45, 2.75) is 166 Å². The first kappa shape index (κ1) is 30.3. The minimum atomic E-state index is -1.45. The fraction of sp³-hybridized carbons (Fsp3) is 0.912. The Labute approximate surface area is 234 Å². The maximum absolute atomic E-state index is 11.8. The van der Waals surface area contributed by atoms with Crippen LogP contribution < -0.4 is 0 Å². The van der Waals surface area contributed by atoms with Gasteiger partial charge < -0.3 is 9.84 Å². The summed E-state index contributed by atoms with van der Waals surface area (Å²) in [5, 5.41) is 10.3. The van der Waals surface area contributed by atoms with Crippen LogP contribution in [0.2, 0.25) is 0 Å². The van der Waals surface area contributed by atoms with E-state index in [0.717, 1.165) is 54.6 Å². The number of rotatable bonds is 11. The van der Waals surface area contributed by atoms with Crippen molar-refractivity contribution in [3.8, 4) is 0 Å². The van der Waals surface area contributed by atoms with E-state index in [1.54, 1.807) is 0 Å². The van der Waals surface area contributed by atoms with Gasteiger partial charge in [0.15, 0.2) is 5.78 Å². The summed E-state index contributed by atoms with van der Waals surface area (Å²) < 4.78 is 5.94. The summed E-state index contributed by atoms with van der Waals surface area (Å²) >= 11 is 0. The number of ether oxygens (including phenoxy) is 1. The maximum Gasteiger partial charge on any atom is 0.188 e. The third-order valence-electron chi connectivity index (χ3n) is 11.1. The van der Waals surface area contributed by atoms with Crippen molar-refractivity contribution in [2.24, 2.45) is 23.7 Å². The van der Waals surface area contributed by atoms with Gasteiger partial charge in [0.05, 0.1) is 12.7 Å². The number of nitrogens with zero attached hydrogens (tertiary/aromatic N) is 1. The van der Waals surface area contributed by atoms with E-state index in [9.17, 15) is 9.90 Å². The minimum absolute atomic E-state index is 0.0766. The van der Waals surface area contributed by atoms with Crippen LogP contribution in [0.3, 0.4) is 0 Å². The molecule has 0 radical (unpaired) electrons. The normalized spacial score (nSPS) is 38.4. The van der Waals surface area contributed by atoms with Crippen molar-refractivity contribution in [3.05, 3.63) is 12.7 Å². The van der Waals surface area contributed by atoms with E-state index in [1.165, 1.54) is 116 Å². The molecule has 0 spiro atoms. The molecule has 0 aromatic carbocycles. The lowest BCUT2D eigenvalue weighted by atomic mass is 9.76. The van der Waals surface area contributed by atoms with Gasteiger partial charge in [-0.1, -0.05) is 33.3 Å².